The summed E-state index contributed by atoms with van der Waals surface area (Å²) in [5, 5.41) is 12.6. The van der Waals surface area contributed by atoms with Gasteiger partial charge in [0.2, 0.25) is 5.91 Å². The van der Waals surface area contributed by atoms with Crippen molar-refractivity contribution in [1.29, 1.82) is 0 Å². The Morgan fingerprint density at radius 2 is 2.15 bits per heavy atom. The lowest BCUT2D eigenvalue weighted by Gasteiger charge is -2.21. The minimum atomic E-state index is -0.585. The average Bonchev–Trinajstić information content (AvgIpc) is 3.39. The molecule has 2 aromatic heterocycles. The van der Waals surface area contributed by atoms with Crippen LogP contribution in [0, 0.1) is 0 Å². The number of nitrogens with zero attached hydrogens (tertiary/aromatic N) is 3. The Morgan fingerprint density at radius 1 is 1.30 bits per heavy atom. The van der Waals surface area contributed by atoms with E-state index in [2.05, 4.69) is 44.6 Å². The summed E-state index contributed by atoms with van der Waals surface area (Å²) in [7, 11) is 0. The van der Waals surface area contributed by atoms with Crippen molar-refractivity contribution >= 4 is 22.6 Å². The molecule has 2 aliphatic heterocycles. The van der Waals surface area contributed by atoms with Gasteiger partial charge in [-0.3, -0.25) is 9.48 Å². The number of carbonyl (C=O) groups is 1. The summed E-state index contributed by atoms with van der Waals surface area (Å²) in [6, 6.07) is 10.7. The number of aromatic nitrogens is 3. The number of amides is 1. The van der Waals surface area contributed by atoms with E-state index >= 15 is 0 Å². The van der Waals surface area contributed by atoms with Crippen LogP contribution in [0.4, 0.5) is 5.82 Å². The normalized spacial score (nSPS) is 24.4. The number of hydrogen-bond acceptors (Lipinski definition) is 4. The molecule has 3 aromatic rings. The molecule has 6 heteroatoms. The van der Waals surface area contributed by atoms with Gasteiger partial charge in [0.25, 0.3) is 0 Å². The molecular weight excluding hydrogens is 338 g/mol. The molecule has 0 saturated carbocycles. The number of hydrogen-bond donors (Lipinski definition) is 2. The van der Waals surface area contributed by atoms with Crippen LogP contribution in [0.25, 0.3) is 22.2 Å². The maximum absolute atomic E-state index is 12.7. The summed E-state index contributed by atoms with van der Waals surface area (Å²) >= 11 is 0. The highest BCUT2D eigenvalue weighted by Crippen LogP contribution is 2.45. The van der Waals surface area contributed by atoms with Crippen LogP contribution in [-0.4, -0.2) is 33.8 Å². The second kappa shape index (κ2) is 5.89. The van der Waals surface area contributed by atoms with Crippen molar-refractivity contribution in [1.82, 2.24) is 20.1 Å². The Hall–Kier alpha value is -2.73. The van der Waals surface area contributed by atoms with E-state index in [1.807, 2.05) is 19.9 Å². The van der Waals surface area contributed by atoms with E-state index in [9.17, 15) is 4.79 Å². The van der Waals surface area contributed by atoms with Crippen LogP contribution in [0.1, 0.15) is 38.3 Å². The van der Waals surface area contributed by atoms with Crippen LogP contribution in [0.5, 0.6) is 0 Å². The Kier molecular flexibility index (Phi) is 3.59. The maximum atomic E-state index is 12.7. The molecule has 1 aromatic carbocycles. The monoisotopic (exact) mass is 361 g/mol. The molecule has 0 radical (unpaired) electrons. The molecule has 2 N–H and O–H groups in total. The third kappa shape index (κ3) is 2.26. The minimum absolute atomic E-state index is 0.0173. The summed E-state index contributed by atoms with van der Waals surface area (Å²) < 4.78 is 2.16. The van der Waals surface area contributed by atoms with Gasteiger partial charge in [0.05, 0.1) is 17.0 Å². The van der Waals surface area contributed by atoms with Gasteiger partial charge in [-0.25, -0.2) is 4.98 Å². The van der Waals surface area contributed by atoms with Gasteiger partial charge < -0.3 is 10.6 Å². The van der Waals surface area contributed by atoms with E-state index in [1.165, 1.54) is 0 Å². The van der Waals surface area contributed by atoms with Gasteiger partial charge >= 0.3 is 0 Å². The highest BCUT2D eigenvalue weighted by Gasteiger charge is 2.44. The predicted octanol–water partition coefficient (Wildman–Crippen LogP) is 3.25. The molecule has 6 nitrogen and oxygen atoms in total. The van der Waals surface area contributed by atoms with Crippen molar-refractivity contribution in [3.63, 3.8) is 0 Å². The zero-order chi connectivity index (χ0) is 18.6. The number of anilines is 1. The molecular formula is C21H23N5O. The zero-order valence-corrected chi connectivity index (χ0v) is 15.6. The van der Waals surface area contributed by atoms with Crippen LogP contribution in [0.2, 0.25) is 0 Å². The average molecular weight is 361 g/mol. The lowest BCUT2D eigenvalue weighted by molar-refractivity contribution is -0.120. The highest BCUT2D eigenvalue weighted by molar-refractivity contribution is 6.08. The molecule has 138 valence electrons. The van der Waals surface area contributed by atoms with Crippen molar-refractivity contribution in [3.05, 3.63) is 42.1 Å². The SMILES string of the molecule is CC[C@]1(C)C(=O)Nc2nccc(-c3nn([C@H]4CCNC4)c4ccccc34)c21. The van der Waals surface area contributed by atoms with Crippen molar-refractivity contribution in [2.75, 3.05) is 18.4 Å². The second-order valence-electron chi connectivity index (χ2n) is 7.68. The minimum Gasteiger partial charge on any atom is -0.315 e. The number of para-hydroxylation sites is 1. The van der Waals surface area contributed by atoms with Gasteiger partial charge in [-0.15, -0.1) is 0 Å². The number of pyridine rings is 1. The first-order valence-electron chi connectivity index (χ1n) is 9.62. The van der Waals surface area contributed by atoms with Crippen LogP contribution < -0.4 is 10.6 Å². The fourth-order valence-corrected chi connectivity index (χ4v) is 4.42. The van der Waals surface area contributed by atoms with E-state index < -0.39 is 5.41 Å². The van der Waals surface area contributed by atoms with Crippen molar-refractivity contribution in [3.8, 4) is 11.3 Å². The molecule has 4 heterocycles. The van der Waals surface area contributed by atoms with Crippen LogP contribution >= 0.6 is 0 Å². The second-order valence-corrected chi connectivity index (χ2v) is 7.68. The van der Waals surface area contributed by atoms with Gasteiger partial charge in [-0.1, -0.05) is 25.1 Å². The molecule has 2 aliphatic rings. The number of nitrogens with one attached hydrogen (secondary N) is 2. The molecule has 2 atom stereocenters. The predicted molar refractivity (Wildman–Crippen MR) is 106 cm³/mol. The molecule has 0 spiro atoms. The summed E-state index contributed by atoms with van der Waals surface area (Å²) in [6.07, 6.45) is 3.56. The summed E-state index contributed by atoms with van der Waals surface area (Å²) in [4.78, 5) is 17.1. The molecule has 0 bridgehead atoms. The van der Waals surface area contributed by atoms with Crippen LogP contribution in [-0.2, 0) is 10.2 Å². The van der Waals surface area contributed by atoms with E-state index in [1.54, 1.807) is 6.20 Å². The smallest absolute Gasteiger partial charge is 0.236 e. The van der Waals surface area contributed by atoms with Gasteiger partial charge in [0.15, 0.2) is 0 Å². The van der Waals surface area contributed by atoms with Gasteiger partial charge in [-0.05, 0) is 38.4 Å². The Morgan fingerprint density at radius 3 is 2.93 bits per heavy atom. The van der Waals surface area contributed by atoms with E-state index in [0.717, 1.165) is 53.7 Å². The first-order chi connectivity index (χ1) is 13.1. The Balaban J connectivity index is 1.77. The van der Waals surface area contributed by atoms with E-state index in [4.69, 9.17) is 5.10 Å². The first kappa shape index (κ1) is 16.4. The highest BCUT2D eigenvalue weighted by atomic mass is 16.2. The third-order valence-corrected chi connectivity index (χ3v) is 6.19. The summed E-state index contributed by atoms with van der Waals surface area (Å²) in [6.45, 7) is 6.00. The number of carbonyl (C=O) groups excluding carboxylic acids is 1. The molecule has 1 amide bonds. The lowest BCUT2D eigenvalue weighted by atomic mass is 9.79. The molecule has 1 saturated heterocycles. The van der Waals surface area contributed by atoms with Crippen LogP contribution in [0.15, 0.2) is 36.5 Å². The van der Waals surface area contributed by atoms with E-state index in [-0.39, 0.29) is 5.91 Å². The lowest BCUT2D eigenvalue weighted by Crippen LogP contribution is -2.30. The standard InChI is InChI=1S/C21H23N5O/c1-3-21(2)17-15(9-11-23-19(17)24-20(21)27)18-14-6-4-5-7-16(14)26(25-18)13-8-10-22-12-13/h4-7,9,11,13,22H,3,8,10,12H2,1-2H3,(H,23,24,27)/t13-,21-/m0/s1. The quantitative estimate of drug-likeness (QED) is 0.751. The van der Waals surface area contributed by atoms with Crippen LogP contribution in [0.3, 0.4) is 0 Å². The molecule has 0 aliphatic carbocycles. The number of fused-ring (bicyclic) bond motifs is 2. The Labute approximate surface area is 158 Å². The first-order valence-corrected chi connectivity index (χ1v) is 9.62. The molecule has 5 rings (SSSR count). The number of rotatable bonds is 3. The van der Waals surface area contributed by atoms with Crippen molar-refractivity contribution in [2.45, 2.75) is 38.1 Å². The van der Waals surface area contributed by atoms with Gasteiger partial charge in [0, 0.05) is 29.3 Å². The molecule has 1 fully saturated rings. The van der Waals surface area contributed by atoms with Gasteiger partial charge in [0.1, 0.15) is 11.5 Å². The van der Waals surface area contributed by atoms with Crippen molar-refractivity contribution in [2.24, 2.45) is 0 Å². The largest absolute Gasteiger partial charge is 0.315 e. The maximum Gasteiger partial charge on any atom is 0.236 e. The summed E-state index contributed by atoms with van der Waals surface area (Å²) in [5.41, 5.74) is 3.47. The zero-order valence-electron chi connectivity index (χ0n) is 15.6. The van der Waals surface area contributed by atoms with E-state index in [0.29, 0.717) is 11.9 Å². The van der Waals surface area contributed by atoms with Gasteiger partial charge in [-0.2, -0.15) is 5.10 Å². The summed E-state index contributed by atoms with van der Waals surface area (Å²) in [5.74, 6) is 0.687. The molecule has 0 unspecified atom stereocenters. The number of benzene rings is 1. The molecule has 27 heavy (non-hydrogen) atoms. The topological polar surface area (TPSA) is 71.8 Å². The fourth-order valence-electron chi connectivity index (χ4n) is 4.42. The Bertz CT molecular complexity index is 1050. The third-order valence-electron chi connectivity index (χ3n) is 6.19. The van der Waals surface area contributed by atoms with Crippen molar-refractivity contribution < 1.29 is 4.79 Å². The fraction of sp³-hybridized carbons (Fsp3) is 0.381.